The van der Waals surface area contributed by atoms with Crippen molar-refractivity contribution in [2.45, 2.75) is 116 Å². The number of hydrogen-bond donors (Lipinski definition) is 3. The average molecular weight is 359 g/mol. The molecule has 25 heavy (non-hydrogen) atoms. The fourth-order valence-electron chi connectivity index (χ4n) is 2.35. The average Bonchev–Trinajstić information content (AvgIpc) is 2.58. The Balaban J connectivity index is 0. The Bertz CT molecular complexity index is 288. The second kappa shape index (κ2) is 23.1. The van der Waals surface area contributed by atoms with Crippen molar-refractivity contribution in [3.63, 3.8) is 0 Å². The Morgan fingerprint density at radius 2 is 1.16 bits per heavy atom. The molecule has 0 aliphatic rings. The van der Waals surface area contributed by atoms with Crippen molar-refractivity contribution < 1.29 is 20.1 Å². The summed E-state index contributed by atoms with van der Waals surface area (Å²) in [5.41, 5.74) is 0. The lowest BCUT2D eigenvalue weighted by Crippen LogP contribution is -1.99. The van der Waals surface area contributed by atoms with Crippen molar-refractivity contribution in [3.05, 3.63) is 12.2 Å². The second-order valence-corrected chi connectivity index (χ2v) is 6.62. The van der Waals surface area contributed by atoms with Crippen LogP contribution in [-0.2, 0) is 4.79 Å². The maximum Gasteiger partial charge on any atom is 0.303 e. The summed E-state index contributed by atoms with van der Waals surface area (Å²) in [6.45, 7) is 3.96. The van der Waals surface area contributed by atoms with Crippen LogP contribution in [0.3, 0.4) is 0 Å². The number of unbranched alkanes of at least 4 members (excludes halogenated alkanes) is 11. The van der Waals surface area contributed by atoms with Crippen molar-refractivity contribution in [1.29, 1.82) is 0 Å². The van der Waals surface area contributed by atoms with E-state index in [9.17, 15) is 4.79 Å². The number of allylic oxidation sites excluding steroid dienone is 2. The van der Waals surface area contributed by atoms with Gasteiger partial charge in [0.25, 0.3) is 0 Å². The van der Waals surface area contributed by atoms with E-state index >= 15 is 0 Å². The van der Waals surface area contributed by atoms with Crippen molar-refractivity contribution in [3.8, 4) is 0 Å². The molecule has 3 N–H and O–H groups in total. The third-order valence-corrected chi connectivity index (χ3v) is 4.02. The van der Waals surface area contributed by atoms with Gasteiger partial charge in [-0.25, -0.2) is 0 Å². The number of rotatable bonds is 16. The minimum Gasteiger partial charge on any atom is -0.481 e. The number of aliphatic hydroxyl groups is 2. The fraction of sp³-hybridized carbons (Fsp3) is 0.857. The highest BCUT2D eigenvalue weighted by atomic mass is 16.5. The smallest absolute Gasteiger partial charge is 0.303 e. The van der Waals surface area contributed by atoms with Crippen LogP contribution >= 0.6 is 0 Å². The number of aliphatic hydroxyl groups excluding tert-OH is 1. The van der Waals surface area contributed by atoms with Gasteiger partial charge in [-0.15, -0.1) is 0 Å². The molecule has 0 aromatic rings. The summed E-state index contributed by atoms with van der Waals surface area (Å²) in [4.78, 5) is 10.3. The highest BCUT2D eigenvalue weighted by Gasteiger charge is 1.95. The number of carboxylic acids is 1. The first-order valence-corrected chi connectivity index (χ1v) is 10.3. The zero-order chi connectivity index (χ0) is 19.2. The van der Waals surface area contributed by atoms with E-state index in [1.165, 1.54) is 70.6 Å². The number of hydrogen-bond acceptors (Lipinski definition) is 3. The van der Waals surface area contributed by atoms with Gasteiger partial charge in [0.1, 0.15) is 0 Å². The molecule has 0 aromatic carbocycles. The van der Waals surface area contributed by atoms with Gasteiger partial charge in [0, 0.05) is 6.42 Å². The van der Waals surface area contributed by atoms with Gasteiger partial charge in [-0.1, -0.05) is 77.4 Å². The van der Waals surface area contributed by atoms with E-state index in [-0.39, 0.29) is 0 Å². The number of aliphatic carboxylic acids is 1. The van der Waals surface area contributed by atoms with E-state index in [2.05, 4.69) is 19.1 Å². The minimum atomic E-state index is -1.12. The van der Waals surface area contributed by atoms with E-state index < -0.39 is 12.3 Å². The molecule has 4 heteroatoms. The highest BCUT2D eigenvalue weighted by molar-refractivity contribution is 5.66. The van der Waals surface area contributed by atoms with Crippen molar-refractivity contribution in [1.82, 2.24) is 0 Å². The fourth-order valence-corrected chi connectivity index (χ4v) is 2.35. The largest absolute Gasteiger partial charge is 0.481 e. The summed E-state index contributed by atoms with van der Waals surface area (Å²) in [5, 5.41) is 24.3. The lowest BCUT2D eigenvalue weighted by atomic mass is 10.1. The van der Waals surface area contributed by atoms with Crippen LogP contribution in [0, 0.1) is 0 Å². The highest BCUT2D eigenvalue weighted by Crippen LogP contribution is 2.09. The van der Waals surface area contributed by atoms with E-state index in [4.69, 9.17) is 15.3 Å². The van der Waals surface area contributed by atoms with Crippen LogP contribution in [0.2, 0.25) is 0 Å². The SMILES string of the molecule is CCC(O)O.CCCCCCCCC=CCCCCCCCC(=O)O. The summed E-state index contributed by atoms with van der Waals surface area (Å²) < 4.78 is 0. The zero-order valence-electron chi connectivity index (χ0n) is 16.6. The van der Waals surface area contributed by atoms with Gasteiger partial charge in [-0.3, -0.25) is 4.79 Å². The summed E-state index contributed by atoms with van der Waals surface area (Å²) in [6.07, 6.45) is 20.5. The monoisotopic (exact) mass is 358 g/mol. The summed E-state index contributed by atoms with van der Waals surface area (Å²) >= 11 is 0. The van der Waals surface area contributed by atoms with Gasteiger partial charge in [0.2, 0.25) is 0 Å². The maximum absolute atomic E-state index is 10.3. The Labute approximate surface area is 155 Å². The van der Waals surface area contributed by atoms with E-state index in [0.29, 0.717) is 12.8 Å². The zero-order valence-corrected chi connectivity index (χ0v) is 16.6. The molecule has 0 saturated heterocycles. The van der Waals surface area contributed by atoms with Gasteiger partial charge in [-0.2, -0.15) is 0 Å². The molecular formula is C21H42O4. The lowest BCUT2D eigenvalue weighted by molar-refractivity contribution is -0.137. The molecule has 0 saturated carbocycles. The molecule has 0 bridgehead atoms. The molecule has 0 spiro atoms. The molecular weight excluding hydrogens is 316 g/mol. The quantitative estimate of drug-likeness (QED) is 0.185. The predicted octanol–water partition coefficient (Wildman–Crippen LogP) is 5.82. The lowest BCUT2D eigenvalue weighted by Gasteiger charge is -1.99. The number of carbonyl (C=O) groups is 1. The maximum atomic E-state index is 10.3. The first-order chi connectivity index (χ1) is 12.0. The number of carboxylic acid groups (broad SMARTS) is 1. The Kier molecular flexibility index (Phi) is 24.4. The molecule has 0 aromatic heterocycles. The Morgan fingerprint density at radius 3 is 1.56 bits per heavy atom. The standard InChI is InChI=1S/C18H34O2.C3H8O2/c1-2-3-4-5-6-7-8-9-10-11-12-13-14-15-16-17-18(19)20;1-2-3(4)5/h9-10H,2-8,11-17H2,1H3,(H,19,20);3-5H,2H2,1H3. The first-order valence-electron chi connectivity index (χ1n) is 10.3. The van der Waals surface area contributed by atoms with Crippen LogP contribution in [0.15, 0.2) is 12.2 Å². The molecule has 0 aliphatic carbocycles. The van der Waals surface area contributed by atoms with Crippen molar-refractivity contribution in [2.24, 2.45) is 0 Å². The van der Waals surface area contributed by atoms with Crippen LogP contribution in [0.25, 0.3) is 0 Å². The molecule has 0 rings (SSSR count). The third-order valence-electron chi connectivity index (χ3n) is 4.02. The van der Waals surface area contributed by atoms with Crippen LogP contribution in [0.1, 0.15) is 110 Å². The van der Waals surface area contributed by atoms with Gasteiger partial charge in [0.15, 0.2) is 6.29 Å². The van der Waals surface area contributed by atoms with Gasteiger partial charge < -0.3 is 15.3 Å². The van der Waals surface area contributed by atoms with E-state index in [1.54, 1.807) is 6.92 Å². The third kappa shape index (κ3) is 31.4. The molecule has 0 unspecified atom stereocenters. The van der Waals surface area contributed by atoms with Gasteiger partial charge in [0.05, 0.1) is 0 Å². The van der Waals surface area contributed by atoms with Gasteiger partial charge in [-0.05, 0) is 38.5 Å². The Hall–Kier alpha value is -0.870. The summed E-state index contributed by atoms with van der Waals surface area (Å²) in [7, 11) is 0. The predicted molar refractivity (Wildman–Crippen MR) is 106 cm³/mol. The first kappa shape index (κ1) is 26.4. The molecule has 0 radical (unpaired) electrons. The van der Waals surface area contributed by atoms with Gasteiger partial charge >= 0.3 is 5.97 Å². The molecule has 0 heterocycles. The van der Waals surface area contributed by atoms with Crippen molar-refractivity contribution in [2.75, 3.05) is 0 Å². The van der Waals surface area contributed by atoms with Crippen LogP contribution < -0.4 is 0 Å². The summed E-state index contributed by atoms with van der Waals surface area (Å²) in [5.74, 6) is -0.664. The summed E-state index contributed by atoms with van der Waals surface area (Å²) in [6, 6.07) is 0. The van der Waals surface area contributed by atoms with Crippen LogP contribution in [0.4, 0.5) is 0 Å². The Morgan fingerprint density at radius 1 is 0.760 bits per heavy atom. The van der Waals surface area contributed by atoms with Crippen LogP contribution in [0.5, 0.6) is 0 Å². The molecule has 150 valence electrons. The molecule has 0 aliphatic heterocycles. The van der Waals surface area contributed by atoms with E-state index in [0.717, 1.165) is 12.8 Å². The molecule has 4 nitrogen and oxygen atoms in total. The minimum absolute atomic E-state index is 0.332. The second-order valence-electron chi connectivity index (χ2n) is 6.62. The molecule has 0 amide bonds. The molecule has 0 atom stereocenters. The van der Waals surface area contributed by atoms with Crippen molar-refractivity contribution >= 4 is 5.97 Å². The van der Waals surface area contributed by atoms with Crippen LogP contribution in [-0.4, -0.2) is 27.6 Å². The topological polar surface area (TPSA) is 77.8 Å². The normalized spacial score (nSPS) is 10.9. The van der Waals surface area contributed by atoms with E-state index in [1.807, 2.05) is 0 Å². The molecule has 0 fully saturated rings.